The van der Waals surface area contributed by atoms with Crippen LogP contribution in [0.15, 0.2) is 5.38 Å². The topological polar surface area (TPSA) is 53.5 Å². The Balaban J connectivity index is 1.55. The van der Waals surface area contributed by atoms with Gasteiger partial charge in [-0.15, -0.1) is 0 Å². The lowest BCUT2D eigenvalue weighted by Gasteiger charge is -2.23. The quantitative estimate of drug-likeness (QED) is 0.853. The molecule has 2 heterocycles. The highest BCUT2D eigenvalue weighted by Crippen LogP contribution is 2.28. The third kappa shape index (κ3) is 3.91. The van der Waals surface area contributed by atoms with Crippen molar-refractivity contribution in [1.29, 1.82) is 0 Å². The summed E-state index contributed by atoms with van der Waals surface area (Å²) in [5.74, 6) is 0.920. The summed E-state index contributed by atoms with van der Waals surface area (Å²) in [6.07, 6.45) is 6.51. The molecule has 2 amide bonds. The van der Waals surface area contributed by atoms with Crippen molar-refractivity contribution in [3.63, 3.8) is 0 Å². The van der Waals surface area contributed by atoms with Crippen LogP contribution in [0.4, 0.5) is 0 Å². The third-order valence-corrected chi connectivity index (χ3v) is 5.77. The van der Waals surface area contributed by atoms with E-state index in [4.69, 9.17) is 0 Å². The van der Waals surface area contributed by atoms with E-state index in [-0.39, 0.29) is 11.8 Å². The maximum absolute atomic E-state index is 12.6. The van der Waals surface area contributed by atoms with Gasteiger partial charge in [0.2, 0.25) is 5.91 Å². The summed E-state index contributed by atoms with van der Waals surface area (Å²) in [4.78, 5) is 28.9. The first kappa shape index (κ1) is 16.4. The maximum atomic E-state index is 12.6. The van der Waals surface area contributed by atoms with Gasteiger partial charge in [0.25, 0.3) is 5.91 Å². The summed E-state index contributed by atoms with van der Waals surface area (Å²) in [7, 11) is 0. The van der Waals surface area contributed by atoms with Crippen molar-refractivity contribution in [3.8, 4) is 0 Å². The van der Waals surface area contributed by atoms with Gasteiger partial charge >= 0.3 is 0 Å². The third-order valence-electron chi connectivity index (χ3n) is 5.05. The van der Waals surface area contributed by atoms with Crippen LogP contribution in [0.25, 0.3) is 0 Å². The van der Waals surface area contributed by atoms with Gasteiger partial charge in [-0.1, -0.05) is 12.8 Å². The van der Waals surface area contributed by atoms with Gasteiger partial charge in [0, 0.05) is 38.0 Å². The number of nitrogens with zero attached hydrogens (tertiary/aromatic N) is 3. The van der Waals surface area contributed by atoms with Crippen molar-refractivity contribution in [1.82, 2.24) is 14.2 Å². The zero-order valence-corrected chi connectivity index (χ0v) is 14.6. The van der Waals surface area contributed by atoms with E-state index in [1.54, 1.807) is 0 Å². The largest absolute Gasteiger partial charge is 0.341 e. The monoisotopic (exact) mass is 335 g/mol. The Morgan fingerprint density at radius 1 is 1.13 bits per heavy atom. The summed E-state index contributed by atoms with van der Waals surface area (Å²) in [5.41, 5.74) is 1.51. The van der Waals surface area contributed by atoms with Gasteiger partial charge in [-0.05, 0) is 43.6 Å². The van der Waals surface area contributed by atoms with Crippen molar-refractivity contribution in [2.75, 3.05) is 26.2 Å². The molecule has 0 spiro atoms. The molecule has 5 nitrogen and oxygen atoms in total. The Kier molecular flexibility index (Phi) is 5.30. The van der Waals surface area contributed by atoms with Gasteiger partial charge in [0.1, 0.15) is 0 Å². The smallest absolute Gasteiger partial charge is 0.256 e. The van der Waals surface area contributed by atoms with Crippen molar-refractivity contribution in [2.24, 2.45) is 5.92 Å². The van der Waals surface area contributed by atoms with E-state index >= 15 is 0 Å². The summed E-state index contributed by atoms with van der Waals surface area (Å²) < 4.78 is 4.19. The van der Waals surface area contributed by atoms with Crippen LogP contribution in [0.5, 0.6) is 0 Å². The van der Waals surface area contributed by atoms with E-state index in [0.717, 1.165) is 25.2 Å². The molecule has 1 saturated heterocycles. The van der Waals surface area contributed by atoms with E-state index < -0.39 is 0 Å². The molecule has 1 aliphatic carbocycles. The maximum Gasteiger partial charge on any atom is 0.256 e. The Bertz CT molecular complexity index is 566. The molecule has 2 aliphatic rings. The minimum Gasteiger partial charge on any atom is -0.341 e. The van der Waals surface area contributed by atoms with Crippen LogP contribution in [0.2, 0.25) is 0 Å². The summed E-state index contributed by atoms with van der Waals surface area (Å²) in [6, 6.07) is 0. The molecule has 6 heteroatoms. The highest BCUT2D eigenvalue weighted by atomic mass is 32.1. The van der Waals surface area contributed by atoms with Gasteiger partial charge in [-0.25, -0.2) is 0 Å². The predicted octanol–water partition coefficient (Wildman–Crippen LogP) is 2.71. The van der Waals surface area contributed by atoms with Crippen LogP contribution in [-0.4, -0.2) is 52.2 Å². The second kappa shape index (κ2) is 7.43. The lowest BCUT2D eigenvalue weighted by molar-refractivity contribution is -0.132. The number of aryl methyl sites for hydroxylation is 1. The van der Waals surface area contributed by atoms with E-state index in [2.05, 4.69) is 4.37 Å². The van der Waals surface area contributed by atoms with Crippen LogP contribution < -0.4 is 0 Å². The van der Waals surface area contributed by atoms with Gasteiger partial charge in [-0.2, -0.15) is 4.37 Å². The molecule has 1 aromatic heterocycles. The lowest BCUT2D eigenvalue weighted by Crippen LogP contribution is -2.37. The minimum atomic E-state index is 0.0568. The zero-order chi connectivity index (χ0) is 16.2. The van der Waals surface area contributed by atoms with E-state index in [1.165, 1.54) is 37.2 Å². The molecule has 3 rings (SSSR count). The van der Waals surface area contributed by atoms with E-state index in [1.807, 2.05) is 22.1 Å². The molecule has 1 saturated carbocycles. The fraction of sp³-hybridized carbons (Fsp3) is 0.706. The van der Waals surface area contributed by atoms with Crippen LogP contribution in [0.3, 0.4) is 0 Å². The zero-order valence-electron chi connectivity index (χ0n) is 13.8. The molecule has 0 unspecified atom stereocenters. The first-order valence-corrected chi connectivity index (χ1v) is 9.47. The second-order valence-electron chi connectivity index (χ2n) is 6.69. The molecular weight excluding hydrogens is 310 g/mol. The van der Waals surface area contributed by atoms with Crippen LogP contribution in [0.1, 0.15) is 54.6 Å². The van der Waals surface area contributed by atoms with Crippen molar-refractivity contribution >= 4 is 23.3 Å². The highest BCUT2D eigenvalue weighted by molar-refractivity contribution is 7.03. The average Bonchev–Trinajstić information content (AvgIpc) is 3.12. The minimum absolute atomic E-state index is 0.0568. The normalized spacial score (nSPS) is 19.9. The average molecular weight is 335 g/mol. The Labute approximate surface area is 141 Å². The van der Waals surface area contributed by atoms with Gasteiger partial charge in [0.05, 0.1) is 11.3 Å². The highest BCUT2D eigenvalue weighted by Gasteiger charge is 2.26. The first-order valence-electron chi connectivity index (χ1n) is 8.63. The number of rotatable bonds is 3. The number of amides is 2. The van der Waals surface area contributed by atoms with Crippen molar-refractivity contribution in [2.45, 2.75) is 45.4 Å². The molecule has 126 valence electrons. The molecule has 0 bridgehead atoms. The number of carbonyl (C=O) groups excluding carboxylic acids is 2. The SMILES string of the molecule is Cc1nscc1C(=O)N1CCCN(C(=O)CC2CCCC2)CC1. The number of aromatic nitrogens is 1. The molecular formula is C17H25N3O2S. The molecule has 0 N–H and O–H groups in total. The standard InChI is InChI=1S/C17H25N3O2S/c1-13-15(12-23-18-13)17(22)20-8-4-7-19(9-10-20)16(21)11-14-5-2-3-6-14/h12,14H,2-11H2,1H3. The molecule has 0 radical (unpaired) electrons. The predicted molar refractivity (Wildman–Crippen MR) is 90.5 cm³/mol. The summed E-state index contributed by atoms with van der Waals surface area (Å²) in [6.45, 7) is 4.66. The molecule has 2 fully saturated rings. The number of hydrogen-bond acceptors (Lipinski definition) is 4. The van der Waals surface area contributed by atoms with Gasteiger partial charge in [0.15, 0.2) is 0 Å². The summed E-state index contributed by atoms with van der Waals surface area (Å²) in [5, 5.41) is 1.82. The van der Waals surface area contributed by atoms with E-state index in [0.29, 0.717) is 31.0 Å². The molecule has 1 aromatic rings. The first-order chi connectivity index (χ1) is 11.1. The van der Waals surface area contributed by atoms with E-state index in [9.17, 15) is 9.59 Å². The fourth-order valence-corrected chi connectivity index (χ4v) is 4.31. The summed E-state index contributed by atoms with van der Waals surface area (Å²) >= 11 is 1.32. The number of carbonyl (C=O) groups is 2. The Morgan fingerprint density at radius 2 is 1.83 bits per heavy atom. The molecule has 0 atom stereocenters. The number of hydrogen-bond donors (Lipinski definition) is 0. The van der Waals surface area contributed by atoms with Crippen LogP contribution in [-0.2, 0) is 4.79 Å². The molecule has 23 heavy (non-hydrogen) atoms. The second-order valence-corrected chi connectivity index (χ2v) is 7.32. The lowest BCUT2D eigenvalue weighted by atomic mass is 10.0. The molecule has 0 aromatic carbocycles. The Morgan fingerprint density at radius 3 is 2.52 bits per heavy atom. The van der Waals surface area contributed by atoms with Crippen molar-refractivity contribution < 1.29 is 9.59 Å². The van der Waals surface area contributed by atoms with Crippen molar-refractivity contribution in [3.05, 3.63) is 16.6 Å². The van der Waals surface area contributed by atoms with Crippen LogP contribution in [0, 0.1) is 12.8 Å². The van der Waals surface area contributed by atoms with Gasteiger partial charge < -0.3 is 9.80 Å². The van der Waals surface area contributed by atoms with Gasteiger partial charge in [-0.3, -0.25) is 9.59 Å². The van der Waals surface area contributed by atoms with Crippen LogP contribution >= 0.6 is 11.5 Å². The fourth-order valence-electron chi connectivity index (χ4n) is 3.63. The molecule has 1 aliphatic heterocycles. The Hall–Kier alpha value is -1.43.